The minimum Gasteiger partial charge on any atom is -0.394 e. The molecule has 3 saturated heterocycles. The molecule has 3 heterocycles. The summed E-state index contributed by atoms with van der Waals surface area (Å²) in [6, 6.07) is -0.985. The van der Waals surface area contributed by atoms with E-state index in [0.717, 1.165) is 38.5 Å². The molecule has 0 aromatic carbocycles. The first-order chi connectivity index (χ1) is 39.3. The SMILES string of the molecule is CCCCCCCCCCCCCC/C=C/CC/C=C/C(O)C(COC1OC(CO)C(OC2OC(CO)C(OC3OC(CO)C(O)C(O)C3O)C(O)C2O)C(O)C1O)NC(=O)CCCCCCCCCCCCCCCCCCCC. The van der Waals surface area contributed by atoms with Crippen LogP contribution in [-0.2, 0) is 33.2 Å². The summed E-state index contributed by atoms with van der Waals surface area (Å²) in [5, 5.41) is 120. The van der Waals surface area contributed by atoms with E-state index < -0.39 is 124 Å². The van der Waals surface area contributed by atoms with Crippen LogP contribution in [0.1, 0.15) is 232 Å². The summed E-state index contributed by atoms with van der Waals surface area (Å²) in [7, 11) is 0. The second-order valence-electron chi connectivity index (χ2n) is 23.2. The Balaban J connectivity index is 1.49. The van der Waals surface area contributed by atoms with Crippen LogP contribution in [0.5, 0.6) is 0 Å². The molecule has 19 nitrogen and oxygen atoms in total. The van der Waals surface area contributed by atoms with Crippen molar-refractivity contribution < 1.29 is 89.4 Å². The van der Waals surface area contributed by atoms with Crippen molar-refractivity contribution in [1.82, 2.24) is 5.32 Å². The molecule has 0 aromatic heterocycles. The third kappa shape index (κ3) is 29.0. The van der Waals surface area contributed by atoms with E-state index >= 15 is 0 Å². The van der Waals surface area contributed by atoms with Crippen LogP contribution in [0, 0.1) is 0 Å². The Kier molecular flexibility index (Phi) is 41.4. The number of amides is 1. The van der Waals surface area contributed by atoms with Crippen molar-refractivity contribution in [1.29, 1.82) is 0 Å². The Morgan fingerprint density at radius 3 is 1.23 bits per heavy atom. The van der Waals surface area contributed by atoms with Crippen molar-refractivity contribution in [2.45, 2.75) is 336 Å². The van der Waals surface area contributed by atoms with Gasteiger partial charge in [-0.1, -0.05) is 218 Å². The number of aliphatic hydroxyl groups excluding tert-OH is 11. The number of rotatable bonds is 48. The number of hydrogen-bond acceptors (Lipinski definition) is 18. The number of nitrogens with one attached hydrogen (secondary N) is 1. The van der Waals surface area contributed by atoms with Crippen LogP contribution in [0.4, 0.5) is 0 Å². The molecule has 19 heteroatoms. The number of ether oxygens (including phenoxy) is 6. The van der Waals surface area contributed by atoms with Crippen LogP contribution < -0.4 is 5.32 Å². The van der Waals surface area contributed by atoms with Crippen molar-refractivity contribution in [3.8, 4) is 0 Å². The highest BCUT2D eigenvalue weighted by Gasteiger charge is 2.53. The molecule has 0 spiro atoms. The van der Waals surface area contributed by atoms with Crippen LogP contribution in [0.3, 0.4) is 0 Å². The Hall–Kier alpha value is -1.73. The fourth-order valence-electron chi connectivity index (χ4n) is 11.0. The van der Waals surface area contributed by atoms with Gasteiger partial charge in [0.1, 0.15) is 73.2 Å². The van der Waals surface area contributed by atoms with Crippen molar-refractivity contribution in [2.75, 3.05) is 26.4 Å². The highest BCUT2D eigenvalue weighted by Crippen LogP contribution is 2.33. The van der Waals surface area contributed by atoms with Gasteiger partial charge in [-0.05, 0) is 32.1 Å². The van der Waals surface area contributed by atoms with Gasteiger partial charge in [0.15, 0.2) is 18.9 Å². The molecule has 0 radical (unpaired) electrons. The van der Waals surface area contributed by atoms with Crippen molar-refractivity contribution in [3.05, 3.63) is 24.3 Å². The zero-order valence-corrected chi connectivity index (χ0v) is 49.8. The minimum atomic E-state index is -1.98. The third-order valence-corrected chi connectivity index (χ3v) is 16.3. The summed E-state index contributed by atoms with van der Waals surface area (Å²) >= 11 is 0. The molecule has 0 aromatic rings. The fourth-order valence-corrected chi connectivity index (χ4v) is 11.0. The standard InChI is InChI=1S/C62H115NO18/c1-3-5-7-9-11-13-15-17-19-21-23-25-27-29-31-33-35-37-39-46(67)45(63-50(68)40-38-36-34-32-30-28-26-24-22-20-18-16-14-12-10-8-6-4-2)44-76-60-56(74)53(71)58(48(42-65)78-60)81-62-57(75)54(72)59(49(43-66)79-62)80-61-55(73)52(70)51(69)47(41-64)77-61/h29,31,37,39,45-49,51-62,64-67,69-75H,3-28,30,32-36,38,40-44H2,1-2H3,(H,63,68)/b31-29+,39-37+. The van der Waals surface area contributed by atoms with E-state index in [2.05, 4.69) is 31.3 Å². The van der Waals surface area contributed by atoms with Crippen molar-refractivity contribution >= 4 is 5.91 Å². The van der Waals surface area contributed by atoms with E-state index in [1.807, 2.05) is 6.08 Å². The van der Waals surface area contributed by atoms with Gasteiger partial charge >= 0.3 is 0 Å². The number of carbonyl (C=O) groups excluding carboxylic acids is 1. The maximum atomic E-state index is 13.3. The Bertz CT molecular complexity index is 1580. The summed E-state index contributed by atoms with van der Waals surface area (Å²) in [5.41, 5.74) is 0. The molecule has 0 bridgehead atoms. The highest BCUT2D eigenvalue weighted by molar-refractivity contribution is 5.76. The summed E-state index contributed by atoms with van der Waals surface area (Å²) in [5.74, 6) is -0.282. The van der Waals surface area contributed by atoms with E-state index in [4.69, 9.17) is 28.4 Å². The average Bonchev–Trinajstić information content (AvgIpc) is 3.48. The van der Waals surface area contributed by atoms with Gasteiger partial charge in [-0.25, -0.2) is 0 Å². The first-order valence-electron chi connectivity index (χ1n) is 32.1. The molecule has 0 aliphatic carbocycles. The molecular weight excluding hydrogens is 1050 g/mol. The third-order valence-electron chi connectivity index (χ3n) is 16.3. The predicted octanol–water partition coefficient (Wildman–Crippen LogP) is 6.71. The highest BCUT2D eigenvalue weighted by atomic mass is 16.8. The number of hydrogen-bond donors (Lipinski definition) is 12. The van der Waals surface area contributed by atoms with Gasteiger partial charge in [-0.15, -0.1) is 0 Å². The minimum absolute atomic E-state index is 0.240. The molecule has 3 fully saturated rings. The molecule has 17 unspecified atom stereocenters. The summed E-state index contributed by atoms with van der Waals surface area (Å²) in [4.78, 5) is 13.3. The molecule has 17 atom stereocenters. The number of aliphatic hydroxyl groups is 11. The first kappa shape index (κ1) is 73.5. The molecule has 3 aliphatic heterocycles. The zero-order valence-electron chi connectivity index (χ0n) is 49.8. The summed E-state index contributed by atoms with van der Waals surface area (Å²) in [6.07, 6.45) is 21.5. The average molecular weight is 1160 g/mol. The number of allylic oxidation sites excluding steroid dienone is 3. The topological polar surface area (TPSA) is 307 Å². The van der Waals surface area contributed by atoms with E-state index in [9.17, 15) is 61.0 Å². The van der Waals surface area contributed by atoms with Crippen molar-refractivity contribution in [2.24, 2.45) is 0 Å². The van der Waals surface area contributed by atoms with Crippen LogP contribution in [0.15, 0.2) is 24.3 Å². The molecule has 12 N–H and O–H groups in total. The van der Waals surface area contributed by atoms with Gasteiger partial charge in [0.25, 0.3) is 0 Å². The van der Waals surface area contributed by atoms with Gasteiger partial charge in [0, 0.05) is 6.42 Å². The molecule has 1 amide bonds. The van der Waals surface area contributed by atoms with Crippen molar-refractivity contribution in [3.63, 3.8) is 0 Å². The number of carbonyl (C=O) groups is 1. The van der Waals surface area contributed by atoms with E-state index in [1.165, 1.54) is 161 Å². The molecule has 3 aliphatic rings. The van der Waals surface area contributed by atoms with E-state index in [1.54, 1.807) is 6.08 Å². The predicted molar refractivity (Wildman–Crippen MR) is 310 cm³/mol. The van der Waals surface area contributed by atoms with Gasteiger partial charge in [-0.2, -0.15) is 0 Å². The Morgan fingerprint density at radius 1 is 0.432 bits per heavy atom. The summed E-state index contributed by atoms with van der Waals surface area (Å²) in [6.45, 7) is 1.73. The largest absolute Gasteiger partial charge is 0.394 e. The van der Waals surface area contributed by atoms with Crippen LogP contribution in [0.2, 0.25) is 0 Å². The molecule has 476 valence electrons. The fraction of sp³-hybridized carbons (Fsp3) is 0.919. The van der Waals surface area contributed by atoms with Gasteiger partial charge in [0.05, 0.1) is 38.6 Å². The van der Waals surface area contributed by atoms with Gasteiger partial charge in [0.2, 0.25) is 5.91 Å². The molecule has 3 rings (SSSR count). The second kappa shape index (κ2) is 45.6. The van der Waals surface area contributed by atoms with Crippen LogP contribution in [-0.4, -0.2) is 193 Å². The molecule has 0 saturated carbocycles. The smallest absolute Gasteiger partial charge is 0.220 e. The van der Waals surface area contributed by atoms with E-state index in [0.29, 0.717) is 12.8 Å². The normalized spacial score (nSPS) is 29.9. The maximum Gasteiger partial charge on any atom is 0.220 e. The zero-order chi connectivity index (χ0) is 59.0. The quantitative estimate of drug-likeness (QED) is 0.0222. The monoisotopic (exact) mass is 1160 g/mol. The molecule has 81 heavy (non-hydrogen) atoms. The lowest BCUT2D eigenvalue weighted by molar-refractivity contribution is -0.379. The van der Waals surface area contributed by atoms with Gasteiger partial charge in [-0.3, -0.25) is 4.79 Å². The first-order valence-corrected chi connectivity index (χ1v) is 32.1. The Labute approximate surface area is 486 Å². The van der Waals surface area contributed by atoms with Crippen LogP contribution in [0.25, 0.3) is 0 Å². The van der Waals surface area contributed by atoms with Gasteiger partial charge < -0.3 is 89.9 Å². The maximum absolute atomic E-state index is 13.3. The lowest BCUT2D eigenvalue weighted by Crippen LogP contribution is -2.66. The lowest BCUT2D eigenvalue weighted by atomic mass is 9.96. The lowest BCUT2D eigenvalue weighted by Gasteiger charge is -2.48. The second-order valence-corrected chi connectivity index (χ2v) is 23.2. The van der Waals surface area contributed by atoms with Crippen LogP contribution >= 0.6 is 0 Å². The molecular formula is C62H115NO18. The number of unbranched alkanes of at least 4 members (excludes halogenated alkanes) is 30. The summed E-state index contributed by atoms with van der Waals surface area (Å²) < 4.78 is 34.3. The Morgan fingerprint density at radius 2 is 0.790 bits per heavy atom. The van der Waals surface area contributed by atoms with E-state index in [-0.39, 0.29) is 18.9 Å².